The second kappa shape index (κ2) is 9.19. The molecule has 1 nitrogen and oxygen atoms in total. The van der Waals surface area contributed by atoms with Gasteiger partial charge in [0.05, 0.1) is 0 Å². The van der Waals surface area contributed by atoms with Gasteiger partial charge in [-0.1, -0.05) is 140 Å². The van der Waals surface area contributed by atoms with E-state index in [9.17, 15) is 0 Å². The molecule has 1 aliphatic heterocycles. The Morgan fingerprint density at radius 2 is 0.872 bits per heavy atom. The van der Waals surface area contributed by atoms with E-state index in [2.05, 4.69) is 158 Å². The van der Waals surface area contributed by atoms with Gasteiger partial charge < -0.3 is 4.74 Å². The molecule has 10 aromatic carbocycles. The minimum atomic E-state index is 0.915. The Morgan fingerprint density at radius 1 is 0.298 bits per heavy atom. The molecule has 0 bridgehead atoms. The highest BCUT2D eigenvalue weighted by molar-refractivity contribution is 6.25. The van der Waals surface area contributed by atoms with Gasteiger partial charge in [-0.15, -0.1) is 0 Å². The number of fused-ring (bicyclic) bond motifs is 5. The predicted octanol–water partition coefficient (Wildman–Crippen LogP) is 13.2. The Morgan fingerprint density at radius 3 is 1.81 bits per heavy atom. The molecule has 0 atom stereocenters. The van der Waals surface area contributed by atoms with Crippen LogP contribution in [0.25, 0.3) is 98.0 Å². The summed E-state index contributed by atoms with van der Waals surface area (Å²) >= 11 is 0. The minimum absolute atomic E-state index is 0.915. The standard InChI is InChI=1S/C46H26O/c1-2-10-34-27(6-1)18-23-40-38-13-5-12-37-36(24-25-42(45(37)38)47-46(34)40)35-11-4-7-28-14-17-32(26-41(28)35)33-21-19-31-16-15-29-8-3-9-30-20-22-39(33)44(31)43(29)30/h1-26H. The smallest absolute Gasteiger partial charge is 0.143 e. The van der Waals surface area contributed by atoms with Gasteiger partial charge in [0.2, 0.25) is 0 Å². The number of ether oxygens (including phenoxy) is 1. The summed E-state index contributed by atoms with van der Waals surface area (Å²) in [5.41, 5.74) is 7.32. The number of hydrogen-bond acceptors (Lipinski definition) is 1. The van der Waals surface area contributed by atoms with Crippen molar-refractivity contribution in [1.82, 2.24) is 0 Å². The first-order chi connectivity index (χ1) is 23.3. The van der Waals surface area contributed by atoms with Crippen molar-refractivity contribution in [1.29, 1.82) is 0 Å². The van der Waals surface area contributed by atoms with Crippen LogP contribution in [0, 0.1) is 0 Å². The van der Waals surface area contributed by atoms with Gasteiger partial charge in [0.25, 0.3) is 0 Å². The molecule has 0 spiro atoms. The Kier molecular flexibility index (Phi) is 4.90. The molecule has 0 saturated heterocycles. The maximum absolute atomic E-state index is 6.71. The number of rotatable bonds is 2. The van der Waals surface area contributed by atoms with E-state index in [4.69, 9.17) is 4.74 Å². The second-order valence-electron chi connectivity index (χ2n) is 12.8. The van der Waals surface area contributed by atoms with Crippen LogP contribution in [-0.2, 0) is 0 Å². The molecule has 0 amide bonds. The van der Waals surface area contributed by atoms with Crippen LogP contribution in [0.5, 0.6) is 11.5 Å². The van der Waals surface area contributed by atoms with Crippen LogP contribution in [-0.4, -0.2) is 0 Å². The number of hydrogen-bond donors (Lipinski definition) is 0. The number of benzene rings is 10. The molecule has 10 aromatic rings. The van der Waals surface area contributed by atoms with Crippen molar-refractivity contribution in [3.63, 3.8) is 0 Å². The zero-order chi connectivity index (χ0) is 30.6. The van der Waals surface area contributed by atoms with E-state index in [0.29, 0.717) is 0 Å². The summed E-state index contributed by atoms with van der Waals surface area (Å²) in [5.74, 6) is 1.86. The molecule has 0 unspecified atom stereocenters. The van der Waals surface area contributed by atoms with E-state index >= 15 is 0 Å². The summed E-state index contributed by atoms with van der Waals surface area (Å²) < 4.78 is 6.71. The highest BCUT2D eigenvalue weighted by Gasteiger charge is 2.24. The van der Waals surface area contributed by atoms with Crippen molar-refractivity contribution in [2.24, 2.45) is 0 Å². The van der Waals surface area contributed by atoms with Gasteiger partial charge in [-0.25, -0.2) is 0 Å². The normalized spacial score (nSPS) is 12.4. The summed E-state index contributed by atoms with van der Waals surface area (Å²) in [6.07, 6.45) is 0. The van der Waals surface area contributed by atoms with E-state index in [-0.39, 0.29) is 0 Å². The molecule has 1 heteroatoms. The van der Waals surface area contributed by atoms with Crippen molar-refractivity contribution in [2.75, 3.05) is 0 Å². The zero-order valence-corrected chi connectivity index (χ0v) is 25.4. The van der Waals surface area contributed by atoms with Crippen molar-refractivity contribution in [3.05, 3.63) is 158 Å². The van der Waals surface area contributed by atoms with Crippen LogP contribution in [0.15, 0.2) is 158 Å². The summed E-state index contributed by atoms with van der Waals surface area (Å²) in [7, 11) is 0. The molecule has 216 valence electrons. The van der Waals surface area contributed by atoms with E-state index in [0.717, 1.165) is 22.4 Å². The fourth-order valence-corrected chi connectivity index (χ4v) is 8.26. The molecule has 0 radical (unpaired) electrons. The summed E-state index contributed by atoms with van der Waals surface area (Å²) in [6, 6.07) is 57.9. The predicted molar refractivity (Wildman–Crippen MR) is 199 cm³/mol. The lowest BCUT2D eigenvalue weighted by Gasteiger charge is -2.24. The van der Waals surface area contributed by atoms with Gasteiger partial charge in [0.15, 0.2) is 0 Å². The monoisotopic (exact) mass is 594 g/mol. The van der Waals surface area contributed by atoms with Gasteiger partial charge in [-0.05, 0) is 99.9 Å². The molecular formula is C46H26O. The minimum Gasteiger partial charge on any atom is -0.455 e. The van der Waals surface area contributed by atoms with Gasteiger partial charge in [0.1, 0.15) is 11.5 Å². The van der Waals surface area contributed by atoms with Gasteiger partial charge >= 0.3 is 0 Å². The maximum Gasteiger partial charge on any atom is 0.143 e. The lowest BCUT2D eigenvalue weighted by atomic mass is 9.87. The first-order valence-electron chi connectivity index (χ1n) is 16.3. The molecule has 47 heavy (non-hydrogen) atoms. The SMILES string of the molecule is c1cc(-c2ccc3c4c(cccc24)-c2ccc4ccccc4c2O3)c2cc(-c3ccc4ccc5cccc6ccc3c4c56)ccc2c1. The van der Waals surface area contributed by atoms with Gasteiger partial charge in [-0.2, -0.15) is 0 Å². The molecule has 11 rings (SSSR count). The molecule has 0 fully saturated rings. The maximum atomic E-state index is 6.71. The lowest BCUT2D eigenvalue weighted by molar-refractivity contribution is 0.493. The Labute approximate surface area is 271 Å². The average molecular weight is 595 g/mol. The van der Waals surface area contributed by atoms with E-state index in [1.807, 2.05) is 0 Å². The fraction of sp³-hybridized carbons (Fsp3) is 0. The average Bonchev–Trinajstić information content (AvgIpc) is 3.13. The van der Waals surface area contributed by atoms with Crippen LogP contribution >= 0.6 is 0 Å². The van der Waals surface area contributed by atoms with Crippen LogP contribution in [0.2, 0.25) is 0 Å². The van der Waals surface area contributed by atoms with Gasteiger partial charge in [-0.3, -0.25) is 0 Å². The third-order valence-corrected chi connectivity index (χ3v) is 10.4. The quantitative estimate of drug-likeness (QED) is 0.181. The highest BCUT2D eigenvalue weighted by Crippen LogP contribution is 2.51. The van der Waals surface area contributed by atoms with Gasteiger partial charge in [0, 0.05) is 16.3 Å². The Hall–Kier alpha value is -6.18. The van der Waals surface area contributed by atoms with Crippen molar-refractivity contribution in [3.8, 4) is 44.9 Å². The van der Waals surface area contributed by atoms with Crippen molar-refractivity contribution < 1.29 is 4.74 Å². The van der Waals surface area contributed by atoms with E-state index < -0.39 is 0 Å². The Balaban J connectivity index is 1.14. The highest BCUT2D eigenvalue weighted by atomic mass is 16.5. The lowest BCUT2D eigenvalue weighted by Crippen LogP contribution is -1.99. The topological polar surface area (TPSA) is 9.23 Å². The van der Waals surface area contributed by atoms with Crippen LogP contribution < -0.4 is 4.74 Å². The first-order valence-corrected chi connectivity index (χ1v) is 16.3. The molecule has 1 heterocycles. The zero-order valence-electron chi connectivity index (χ0n) is 25.4. The second-order valence-corrected chi connectivity index (χ2v) is 12.8. The summed E-state index contributed by atoms with van der Waals surface area (Å²) in [4.78, 5) is 0. The molecule has 0 aliphatic carbocycles. The third kappa shape index (κ3) is 3.43. The first kappa shape index (κ1) is 25.1. The fourth-order valence-electron chi connectivity index (χ4n) is 8.26. The van der Waals surface area contributed by atoms with Crippen LogP contribution in [0.4, 0.5) is 0 Å². The molecule has 1 aliphatic rings. The molecular weight excluding hydrogens is 569 g/mol. The van der Waals surface area contributed by atoms with Crippen LogP contribution in [0.3, 0.4) is 0 Å². The van der Waals surface area contributed by atoms with Crippen molar-refractivity contribution in [2.45, 2.75) is 0 Å². The molecule has 0 saturated carbocycles. The van der Waals surface area contributed by atoms with Crippen molar-refractivity contribution >= 4 is 64.6 Å². The molecule has 0 aromatic heterocycles. The van der Waals surface area contributed by atoms with Crippen LogP contribution in [0.1, 0.15) is 0 Å². The Bertz CT molecular complexity index is 2910. The van der Waals surface area contributed by atoms with E-state index in [1.165, 1.54) is 87.1 Å². The summed E-state index contributed by atoms with van der Waals surface area (Å²) in [5, 5.41) is 15.1. The van der Waals surface area contributed by atoms with E-state index in [1.54, 1.807) is 0 Å². The largest absolute Gasteiger partial charge is 0.455 e. The summed E-state index contributed by atoms with van der Waals surface area (Å²) in [6.45, 7) is 0. The molecule has 0 N–H and O–H groups in total. The third-order valence-electron chi connectivity index (χ3n) is 10.4.